The van der Waals surface area contributed by atoms with Crippen molar-refractivity contribution in [3.8, 4) is 12.1 Å². The molecule has 43 heteroatoms. The highest BCUT2D eigenvalue weighted by molar-refractivity contribution is 6.69. The van der Waals surface area contributed by atoms with Crippen LogP contribution in [0.5, 0.6) is 0 Å². The number of alkyl halides is 3. The van der Waals surface area contributed by atoms with Gasteiger partial charge in [0.1, 0.15) is 33.3 Å². The SMILES string of the molecule is CC(=O)N1CCC(C(=O)Cl)CC1.CC(C)(C#N)C(=O)Cl.CC(C)(C)OC(=O)N1CCC(C)(C(=O)Cl)CC1.CC(C)C(C)C(=O)Cl.COC(C)(C)C(=O)Cl.N#CC1(C(=O)Cl)CCCC1.O=C(Cl)C1(C(F)(F)F)CC1.O=C(Cl)C1CCCOC1.O=C(Cl)C1CCN(c2ccccn2)CC1.O=C(Cl)C1CCN(c2ncccn2)CC1.O=C(Cl)c1c[nH]c2ccccc12.O=C(Cl)c1cc2ccccc2[nH]1. The number of nitrogens with one attached hydrogen (secondary N) is 2. The lowest BCUT2D eigenvalue weighted by molar-refractivity contribution is -0.186. The number of aromatic amines is 2. The largest absolute Gasteiger partial charge is 0.444 e. The van der Waals surface area contributed by atoms with Gasteiger partial charge in [-0.25, -0.2) is 19.7 Å². The highest BCUT2D eigenvalue weighted by Crippen LogP contribution is 2.59. The van der Waals surface area contributed by atoms with Gasteiger partial charge in [0.15, 0.2) is 0 Å². The van der Waals surface area contributed by atoms with Crippen molar-refractivity contribution in [3.05, 3.63) is 115 Å². The number of hydrogen-bond donors (Lipinski definition) is 2. The van der Waals surface area contributed by atoms with E-state index in [-0.39, 0.29) is 85.9 Å². The number of piperidine rings is 4. The number of aromatic nitrogens is 5. The van der Waals surface area contributed by atoms with Gasteiger partial charge in [-0.05, 0) is 320 Å². The number of likely N-dealkylation sites (tertiary alicyclic amines) is 2. The summed E-state index contributed by atoms with van der Waals surface area (Å²) >= 11 is 63.1. The summed E-state index contributed by atoms with van der Waals surface area (Å²) in [7, 11) is 1.44. The van der Waals surface area contributed by atoms with Crippen LogP contribution in [0.15, 0.2) is 104 Å². The molecule has 4 aromatic heterocycles. The van der Waals surface area contributed by atoms with Gasteiger partial charge in [-0.3, -0.25) is 62.3 Å². The van der Waals surface area contributed by atoms with E-state index >= 15 is 0 Å². The molecule has 2 atom stereocenters. The molecule has 2 saturated carbocycles. The number of H-pyrrole nitrogens is 2. The molecule has 5 aliphatic heterocycles. The zero-order chi connectivity index (χ0) is 103. The molecule has 6 aromatic rings. The minimum Gasteiger partial charge on any atom is -0.444 e. The third-order valence-corrected chi connectivity index (χ3v) is 26.6. The van der Waals surface area contributed by atoms with Gasteiger partial charge in [-0.15, -0.1) is 0 Å². The summed E-state index contributed by atoms with van der Waals surface area (Å²) in [5.41, 5.74) is -3.02. The van der Waals surface area contributed by atoms with Gasteiger partial charge in [-0.2, -0.15) is 23.7 Å². The fourth-order valence-electron chi connectivity index (χ4n) is 12.5. The summed E-state index contributed by atoms with van der Waals surface area (Å²) in [5.74, 6) is 2.11. The number of methoxy groups -OCH3 is 1. The van der Waals surface area contributed by atoms with Gasteiger partial charge < -0.3 is 43.8 Å². The van der Waals surface area contributed by atoms with Gasteiger partial charge in [-0.1, -0.05) is 83.0 Å². The van der Waals surface area contributed by atoms with Crippen LogP contribution < -0.4 is 9.80 Å². The number of pyridine rings is 1. The standard InChI is InChI=1S/C12H20ClNO3.C11H13ClN2O.C10H12ClN3O.2C9H6ClNO.C8H12ClNO2.C7H8ClNO.C6H9ClO2.C6H11ClO.C5H4ClF3O.C5H6ClNO.C5H9ClO2/c1-11(2,3)17-10(16)14-7-5-12(4,6-8-14)9(13)15;12-11(15)9-4-7-14(8-5-9)10-3-1-2-6-13-10;11-9(15)8-2-6-14(7-3-8)10-12-4-1-5-13-10;10-9(12)7-5-11-8-4-2-1-3-6(7)8;10-9(12)8-5-6-3-1-2-4-7(6)11-8;1-6(11)10-4-2-7(3-5-10)8(9)12;8-6(10)7(5-9)3-1-2-4-7;7-6(8)5-2-1-3-9-4-5;1-4(2)5(3)6(7)8;6-3(10)4(1-2-4)5(7,8)9;1-5(2,3-7)4(6)8;1-5(2,8-3)4(6)7/h5-8H2,1-4H3;1-3,6,9H,4-5,7-8H2;1,4-5,8H,2-3,6-7H2;2*1-5,11H;7H,2-5H2,1H3;1-4H2;5H,1-4H2;4-5H,1-3H3;1-2H2;1-2H3;1-3H3. The summed E-state index contributed by atoms with van der Waals surface area (Å²) in [6.45, 7) is 27.8. The molecule has 136 heavy (non-hydrogen) atoms. The van der Waals surface area contributed by atoms with Crippen LogP contribution in [-0.2, 0) is 67.0 Å². The number of benzene rings is 2. The Balaban J connectivity index is 0.000000506. The predicted octanol–water partition coefficient (Wildman–Crippen LogP) is 22.0. The maximum absolute atomic E-state index is 11.8. The number of ether oxygens (including phenoxy) is 3. The molecule has 2 N–H and O–H groups in total. The van der Waals surface area contributed by atoms with Crippen molar-refractivity contribution in [2.75, 3.05) is 82.5 Å². The summed E-state index contributed by atoms with van der Waals surface area (Å²) in [5, 5.41) is 13.5. The second-order valence-corrected chi connectivity index (χ2v) is 39.2. The van der Waals surface area contributed by atoms with Crippen LogP contribution in [0.4, 0.5) is 29.7 Å². The number of anilines is 2. The fraction of sp³-hybridized carbons (Fsp3) is 0.559. The molecular weight excluding hydrogens is 2030 g/mol. The van der Waals surface area contributed by atoms with Crippen molar-refractivity contribution in [1.82, 2.24) is 34.7 Å². The lowest BCUT2D eigenvalue weighted by Gasteiger charge is -2.37. The maximum atomic E-state index is 11.8. The Labute approximate surface area is 850 Å². The second-order valence-electron chi connectivity index (χ2n) is 34.9. The Kier molecular flexibility index (Phi) is 55.3. The first-order valence-electron chi connectivity index (χ1n) is 43.3. The van der Waals surface area contributed by atoms with Crippen LogP contribution in [0, 0.1) is 79.8 Å². The van der Waals surface area contributed by atoms with E-state index in [0.717, 1.165) is 118 Å². The number of nitrogens with zero attached hydrogens (tertiary/aromatic N) is 9. The highest BCUT2D eigenvalue weighted by atomic mass is 35.5. The number of carbonyl (C=O) groups excluding carboxylic acids is 14. The van der Waals surface area contributed by atoms with Crippen molar-refractivity contribution >= 4 is 248 Å². The molecule has 7 aliphatic rings. The normalized spacial score (nSPS) is 17.2. The lowest BCUT2D eigenvalue weighted by atomic mass is 9.82. The zero-order valence-corrected chi connectivity index (χ0v) is 86.9. The van der Waals surface area contributed by atoms with Gasteiger partial charge in [0.25, 0.3) is 15.7 Å². The lowest BCUT2D eigenvalue weighted by Crippen LogP contribution is -2.46. The van der Waals surface area contributed by atoms with E-state index in [9.17, 15) is 80.3 Å². The zero-order valence-electron chi connectivity index (χ0n) is 77.8. The van der Waals surface area contributed by atoms with Gasteiger partial charge in [0.2, 0.25) is 59.0 Å². The summed E-state index contributed by atoms with van der Waals surface area (Å²) in [4.78, 5) is 177. The van der Waals surface area contributed by atoms with E-state index in [2.05, 4.69) is 34.7 Å². The first-order chi connectivity index (χ1) is 63.3. The molecule has 2 aromatic carbocycles. The summed E-state index contributed by atoms with van der Waals surface area (Å²) < 4.78 is 50.6. The molecule has 0 spiro atoms. The number of amides is 2. The monoisotopic (exact) mass is 2140 g/mol. The van der Waals surface area contributed by atoms with Crippen LogP contribution in [-0.4, -0.2) is 200 Å². The quantitative estimate of drug-likeness (QED) is 0.0850. The maximum Gasteiger partial charge on any atom is 0.410 e. The van der Waals surface area contributed by atoms with E-state index < -0.39 is 70.5 Å². The van der Waals surface area contributed by atoms with E-state index in [1.165, 1.54) is 21.0 Å². The van der Waals surface area contributed by atoms with Crippen LogP contribution in [0.3, 0.4) is 0 Å². The van der Waals surface area contributed by atoms with Gasteiger partial charge in [0.05, 0.1) is 35.9 Å². The number of carbonyl (C=O) groups is 14. The average molecular weight is 2140 g/mol. The van der Waals surface area contributed by atoms with Crippen molar-refractivity contribution in [2.45, 2.75) is 203 Å². The van der Waals surface area contributed by atoms with Crippen LogP contribution in [0.2, 0.25) is 0 Å². The Hall–Kier alpha value is -7.70. The molecule has 2 amide bonds. The van der Waals surface area contributed by atoms with Crippen LogP contribution in [0.25, 0.3) is 21.8 Å². The summed E-state index contributed by atoms with van der Waals surface area (Å²) in [6.07, 6.45) is 12.7. The molecule has 0 bridgehead atoms. The van der Waals surface area contributed by atoms with E-state index in [1.807, 2.05) is 121 Å². The number of hydrogen-bond acceptors (Lipinski definition) is 24. The van der Waals surface area contributed by atoms with E-state index in [0.29, 0.717) is 88.5 Å². The Morgan fingerprint density at radius 3 is 1.34 bits per heavy atom. The number of halogens is 15. The molecule has 750 valence electrons. The van der Waals surface area contributed by atoms with Crippen molar-refractivity contribution in [2.24, 2.45) is 57.2 Å². The minimum atomic E-state index is -4.45. The molecule has 13 rings (SSSR count). The molecule has 5 saturated heterocycles. The van der Waals surface area contributed by atoms with Crippen molar-refractivity contribution in [1.29, 1.82) is 10.5 Å². The third kappa shape index (κ3) is 44.0. The third-order valence-electron chi connectivity index (χ3n) is 22.5. The van der Waals surface area contributed by atoms with Gasteiger partial charge >= 0.3 is 12.3 Å². The highest BCUT2D eigenvalue weighted by Gasteiger charge is 2.68. The van der Waals surface area contributed by atoms with Crippen LogP contribution in [0.1, 0.15) is 207 Å². The van der Waals surface area contributed by atoms with Crippen molar-refractivity contribution < 1.29 is 94.5 Å². The van der Waals surface area contributed by atoms with Gasteiger partial charge in [0, 0.05) is 149 Å². The van der Waals surface area contributed by atoms with Crippen LogP contribution >= 0.6 is 139 Å². The molecule has 7 fully saturated rings. The first-order valence-corrected chi connectivity index (χ1v) is 47.8. The minimum absolute atomic E-state index is 0.00309. The molecule has 9 heterocycles. The van der Waals surface area contributed by atoms with Crippen molar-refractivity contribution in [3.63, 3.8) is 0 Å². The summed E-state index contributed by atoms with van der Waals surface area (Å²) in [6, 6.07) is 28.3. The Bertz CT molecular complexity index is 4850. The Morgan fingerprint density at radius 1 is 0.537 bits per heavy atom. The Morgan fingerprint density at radius 2 is 1.01 bits per heavy atom. The number of nitriles is 2. The fourth-order valence-corrected chi connectivity index (χ4v) is 14.7. The number of para-hydroxylation sites is 2. The predicted molar refractivity (Wildman–Crippen MR) is 524 cm³/mol. The number of rotatable bonds is 16. The average Bonchev–Trinajstić information content (AvgIpc) is 1.59. The molecule has 2 unspecified atom stereocenters. The number of fused-ring (bicyclic) bond motifs is 2. The molecular formula is C93H116Cl12F3N11O17. The molecule has 2 aliphatic carbocycles. The smallest absolute Gasteiger partial charge is 0.410 e. The molecule has 0 radical (unpaired) electrons. The first kappa shape index (κ1) is 124. The molecule has 28 nitrogen and oxygen atoms in total. The van der Waals surface area contributed by atoms with E-state index in [1.54, 1.807) is 73.6 Å². The topological polar surface area (TPSA) is 397 Å². The second kappa shape index (κ2) is 60.4. The van der Waals surface area contributed by atoms with E-state index in [4.69, 9.17) is 164 Å².